The number of fused-ring (bicyclic) bond motifs is 2. The molecule has 0 aliphatic carbocycles. The van der Waals surface area contributed by atoms with Gasteiger partial charge in [0.2, 0.25) is 5.79 Å². The number of hydrogen-bond donors (Lipinski definition) is 1. The third-order valence-corrected chi connectivity index (χ3v) is 9.60. The molecular formula is C38H57ClO7. The van der Waals surface area contributed by atoms with E-state index >= 15 is 0 Å². The summed E-state index contributed by atoms with van der Waals surface area (Å²) in [6, 6.07) is 14.1. The lowest BCUT2D eigenvalue weighted by molar-refractivity contribution is -0.365. The Bertz CT molecular complexity index is 1200. The van der Waals surface area contributed by atoms with E-state index < -0.39 is 35.3 Å². The summed E-state index contributed by atoms with van der Waals surface area (Å²) in [6.07, 6.45) is 6.65. The lowest BCUT2D eigenvalue weighted by Crippen LogP contribution is -2.72. The van der Waals surface area contributed by atoms with Gasteiger partial charge in [-0.3, -0.25) is 0 Å². The van der Waals surface area contributed by atoms with Crippen LogP contribution in [0.15, 0.2) is 42.5 Å². The minimum atomic E-state index is -1.33. The van der Waals surface area contributed by atoms with Gasteiger partial charge < -0.3 is 33.5 Å². The monoisotopic (exact) mass is 660 g/mol. The average Bonchev–Trinajstić information content (AvgIpc) is 3.41. The van der Waals surface area contributed by atoms with Crippen molar-refractivity contribution in [1.82, 2.24) is 0 Å². The fourth-order valence-electron chi connectivity index (χ4n) is 6.29. The van der Waals surface area contributed by atoms with Crippen LogP contribution >= 0.6 is 11.6 Å². The normalized spacial score (nSPS) is 26.0. The van der Waals surface area contributed by atoms with Gasteiger partial charge in [-0.2, -0.15) is 0 Å². The van der Waals surface area contributed by atoms with Crippen molar-refractivity contribution in [3.8, 4) is 5.75 Å². The van der Waals surface area contributed by atoms with Crippen molar-refractivity contribution in [2.45, 2.75) is 135 Å². The van der Waals surface area contributed by atoms with E-state index in [-0.39, 0.29) is 6.61 Å². The number of rotatable bonds is 20. The predicted octanol–water partition coefficient (Wildman–Crippen LogP) is 8.39. The third-order valence-electron chi connectivity index (χ3n) is 9.23. The molecule has 1 N–H and O–H groups in total. The fourth-order valence-corrected chi connectivity index (χ4v) is 6.47. The highest BCUT2D eigenvalue weighted by Gasteiger charge is 2.73. The maximum Gasteiger partial charge on any atom is 0.225 e. The van der Waals surface area contributed by atoms with E-state index in [0.29, 0.717) is 37.9 Å². The molecule has 2 bridgehead atoms. The fraction of sp³-hybridized carbons (Fsp3) is 0.684. The molecule has 46 heavy (non-hydrogen) atoms. The summed E-state index contributed by atoms with van der Waals surface area (Å²) in [5.74, 6) is -0.461. The van der Waals surface area contributed by atoms with Crippen molar-refractivity contribution < 1.29 is 33.5 Å². The molecular weight excluding hydrogens is 604 g/mol. The van der Waals surface area contributed by atoms with Crippen LogP contribution in [0.3, 0.4) is 0 Å². The molecule has 0 aromatic heterocycles. The molecule has 2 aromatic rings. The highest BCUT2D eigenvalue weighted by molar-refractivity contribution is 6.31. The molecule has 7 nitrogen and oxygen atoms in total. The Morgan fingerprint density at radius 2 is 1.39 bits per heavy atom. The number of ether oxygens (including phenoxy) is 6. The van der Waals surface area contributed by atoms with Gasteiger partial charge in [-0.15, -0.1) is 0 Å². The standard InChI is InChI=1S/C38H57ClO7/c1-7-11-21-41-31-18-15-28(16-19-31)25-29-26-30(17-20-32(29)39)38-35(44-24-14-10-4)33(42-22-12-8-2)34(43-23-13-9-3)37(46-38,27-45-38)36(5,6)40/h15-20,26,33-35,40H,7-14,21-25,27H2,1-6H3/t33-,34-,35+,37-,38-/m0/s1. The van der Waals surface area contributed by atoms with E-state index in [1.165, 1.54) is 0 Å². The quantitative estimate of drug-likeness (QED) is 0.143. The van der Waals surface area contributed by atoms with Gasteiger partial charge in [0.1, 0.15) is 24.1 Å². The van der Waals surface area contributed by atoms with E-state index in [0.717, 1.165) is 73.8 Å². The molecule has 0 amide bonds. The molecule has 2 saturated heterocycles. The van der Waals surface area contributed by atoms with Crippen LogP contribution in [0.1, 0.15) is 110 Å². The van der Waals surface area contributed by atoms with Crippen LogP contribution in [0.4, 0.5) is 0 Å². The summed E-state index contributed by atoms with van der Waals surface area (Å²) in [6.45, 7) is 14.6. The van der Waals surface area contributed by atoms with Crippen molar-refractivity contribution in [3.63, 3.8) is 0 Å². The summed E-state index contributed by atoms with van der Waals surface area (Å²) in [5, 5.41) is 12.4. The molecule has 0 spiro atoms. The Kier molecular flexibility index (Phi) is 13.8. The first-order chi connectivity index (χ1) is 22.2. The predicted molar refractivity (Wildman–Crippen MR) is 183 cm³/mol. The minimum Gasteiger partial charge on any atom is -0.494 e. The molecule has 5 atom stereocenters. The van der Waals surface area contributed by atoms with Gasteiger partial charge in [-0.05, 0) is 81.3 Å². The Labute approximate surface area is 282 Å². The number of benzene rings is 2. The Hall–Kier alpha value is -1.71. The Morgan fingerprint density at radius 3 is 2.00 bits per heavy atom. The molecule has 8 heteroatoms. The topological polar surface area (TPSA) is 75.6 Å². The van der Waals surface area contributed by atoms with Crippen LogP contribution in [-0.2, 0) is 35.9 Å². The molecule has 2 fully saturated rings. The second kappa shape index (κ2) is 17.1. The highest BCUT2D eigenvalue weighted by Crippen LogP contribution is 2.56. The summed E-state index contributed by atoms with van der Waals surface area (Å²) in [5.41, 5.74) is 0.356. The van der Waals surface area contributed by atoms with Crippen LogP contribution < -0.4 is 4.74 Å². The molecule has 2 aliphatic heterocycles. The van der Waals surface area contributed by atoms with E-state index in [2.05, 4.69) is 45.9 Å². The second-order valence-electron chi connectivity index (χ2n) is 13.3. The first-order valence-electron chi connectivity index (χ1n) is 17.6. The second-order valence-corrected chi connectivity index (χ2v) is 13.7. The van der Waals surface area contributed by atoms with Crippen molar-refractivity contribution >= 4 is 11.6 Å². The first-order valence-corrected chi connectivity index (χ1v) is 18.0. The maximum atomic E-state index is 11.8. The number of aliphatic hydroxyl groups is 1. The molecule has 2 aliphatic rings. The van der Waals surface area contributed by atoms with Gasteiger partial charge in [0, 0.05) is 30.4 Å². The van der Waals surface area contributed by atoms with E-state index in [1.54, 1.807) is 13.8 Å². The van der Waals surface area contributed by atoms with Crippen molar-refractivity contribution in [2.75, 3.05) is 33.0 Å². The zero-order chi connectivity index (χ0) is 33.2. The highest BCUT2D eigenvalue weighted by atomic mass is 35.5. The first kappa shape index (κ1) is 37.1. The van der Waals surface area contributed by atoms with Crippen LogP contribution in [-0.4, -0.2) is 67.7 Å². The van der Waals surface area contributed by atoms with Crippen LogP contribution in [0, 0.1) is 0 Å². The van der Waals surface area contributed by atoms with Crippen LogP contribution in [0.5, 0.6) is 5.75 Å². The van der Waals surface area contributed by atoms with Gasteiger partial charge in [0.15, 0.2) is 5.60 Å². The van der Waals surface area contributed by atoms with Gasteiger partial charge >= 0.3 is 0 Å². The molecule has 4 rings (SSSR count). The largest absolute Gasteiger partial charge is 0.494 e. The number of unbranched alkanes of at least 4 members (excludes halogenated alkanes) is 4. The molecule has 2 heterocycles. The van der Waals surface area contributed by atoms with E-state index in [1.807, 2.05) is 24.3 Å². The lowest BCUT2D eigenvalue weighted by atomic mass is 9.74. The SMILES string of the molecule is CCCCOc1ccc(Cc2cc([C@]34OC[C@](C(C)(C)O)(O3)[C@@H](OCCCC)[C@H](OCCCC)[C@H]4OCCCC)ccc2Cl)cc1. The molecule has 0 radical (unpaired) electrons. The van der Waals surface area contributed by atoms with Gasteiger partial charge in [-0.25, -0.2) is 0 Å². The Balaban J connectivity index is 1.74. The zero-order valence-corrected chi connectivity index (χ0v) is 29.7. The molecule has 258 valence electrons. The number of halogens is 1. The summed E-state index contributed by atoms with van der Waals surface area (Å²) in [7, 11) is 0. The zero-order valence-electron chi connectivity index (χ0n) is 28.9. The van der Waals surface area contributed by atoms with Crippen LogP contribution in [0.2, 0.25) is 5.02 Å². The van der Waals surface area contributed by atoms with E-state index in [9.17, 15) is 5.11 Å². The van der Waals surface area contributed by atoms with Crippen molar-refractivity contribution in [3.05, 3.63) is 64.2 Å². The summed E-state index contributed by atoms with van der Waals surface area (Å²) >= 11 is 6.82. The van der Waals surface area contributed by atoms with Gasteiger partial charge in [0.25, 0.3) is 0 Å². The van der Waals surface area contributed by atoms with Gasteiger partial charge in [-0.1, -0.05) is 83.2 Å². The lowest BCUT2D eigenvalue weighted by Gasteiger charge is -2.54. The van der Waals surface area contributed by atoms with Crippen molar-refractivity contribution in [1.29, 1.82) is 0 Å². The van der Waals surface area contributed by atoms with Crippen LogP contribution in [0.25, 0.3) is 0 Å². The smallest absolute Gasteiger partial charge is 0.225 e. The average molecular weight is 661 g/mol. The number of hydrogen-bond acceptors (Lipinski definition) is 7. The molecule has 0 saturated carbocycles. The minimum absolute atomic E-state index is 0.131. The third kappa shape index (κ3) is 8.28. The molecule has 2 aromatic carbocycles. The summed E-state index contributed by atoms with van der Waals surface area (Å²) in [4.78, 5) is 0. The molecule has 0 unspecified atom stereocenters. The summed E-state index contributed by atoms with van der Waals surface area (Å²) < 4.78 is 39.7. The van der Waals surface area contributed by atoms with Gasteiger partial charge in [0.05, 0.1) is 18.8 Å². The maximum absolute atomic E-state index is 11.8. The van der Waals surface area contributed by atoms with E-state index in [4.69, 9.17) is 40.0 Å². The Morgan fingerprint density at radius 1 is 0.804 bits per heavy atom. The van der Waals surface area contributed by atoms with Crippen molar-refractivity contribution in [2.24, 2.45) is 0 Å².